The summed E-state index contributed by atoms with van der Waals surface area (Å²) in [5.74, 6) is 0.780. The predicted octanol–water partition coefficient (Wildman–Crippen LogP) is 3.35. The first-order chi connectivity index (χ1) is 9.69. The van der Waals surface area contributed by atoms with E-state index in [0.29, 0.717) is 6.42 Å². The van der Waals surface area contributed by atoms with Crippen LogP contribution in [0.1, 0.15) is 33.1 Å². The third-order valence-electron chi connectivity index (χ3n) is 3.02. The van der Waals surface area contributed by atoms with Crippen molar-refractivity contribution in [3.63, 3.8) is 0 Å². The van der Waals surface area contributed by atoms with Crippen LogP contribution in [-0.2, 0) is 11.3 Å². The normalized spacial score (nSPS) is 12.1. The Bertz CT molecular complexity index is 670. The number of thiazole rings is 1. The number of rotatable bonds is 5. The average Bonchev–Trinajstić information content (AvgIpc) is 2.76. The molecule has 0 saturated heterocycles. The third-order valence-corrected chi connectivity index (χ3v) is 4.08. The SMILES string of the molecule is CCCC(=O)N=c1sc2ccc(OC)cc2n1CCC. The summed E-state index contributed by atoms with van der Waals surface area (Å²) in [5, 5.41) is 0. The number of fused-ring (bicyclic) bond motifs is 1. The van der Waals surface area contributed by atoms with E-state index in [1.807, 2.05) is 25.1 Å². The number of aromatic nitrogens is 1. The zero-order chi connectivity index (χ0) is 14.5. The van der Waals surface area contributed by atoms with Crippen LogP contribution in [0.4, 0.5) is 0 Å². The van der Waals surface area contributed by atoms with Gasteiger partial charge in [0, 0.05) is 19.0 Å². The topological polar surface area (TPSA) is 43.6 Å². The molecule has 0 aliphatic heterocycles. The van der Waals surface area contributed by atoms with Gasteiger partial charge in [0.25, 0.3) is 0 Å². The Hall–Kier alpha value is -1.62. The quantitative estimate of drug-likeness (QED) is 0.848. The number of hydrogen-bond acceptors (Lipinski definition) is 3. The lowest BCUT2D eigenvalue weighted by atomic mass is 10.3. The highest BCUT2D eigenvalue weighted by Gasteiger charge is 2.08. The van der Waals surface area contributed by atoms with Crippen molar-refractivity contribution in [2.45, 2.75) is 39.7 Å². The Morgan fingerprint density at radius 3 is 2.80 bits per heavy atom. The summed E-state index contributed by atoms with van der Waals surface area (Å²) in [6.45, 7) is 4.96. The van der Waals surface area contributed by atoms with Gasteiger partial charge in [0.2, 0.25) is 5.91 Å². The lowest BCUT2D eigenvalue weighted by Gasteiger charge is -2.04. The van der Waals surface area contributed by atoms with Crippen LogP contribution in [0.3, 0.4) is 0 Å². The van der Waals surface area contributed by atoms with Gasteiger partial charge >= 0.3 is 0 Å². The molecule has 0 N–H and O–H groups in total. The van der Waals surface area contributed by atoms with Gasteiger partial charge in [0.15, 0.2) is 4.80 Å². The van der Waals surface area contributed by atoms with Crippen LogP contribution in [0.5, 0.6) is 5.75 Å². The molecule has 0 aliphatic carbocycles. The number of carbonyl (C=O) groups excluding carboxylic acids is 1. The molecule has 1 aromatic heterocycles. The number of nitrogens with zero attached hydrogens (tertiary/aromatic N) is 2. The van der Waals surface area contributed by atoms with Crippen molar-refractivity contribution in [3.8, 4) is 5.75 Å². The number of aryl methyl sites for hydroxylation is 1. The molecule has 20 heavy (non-hydrogen) atoms. The number of methoxy groups -OCH3 is 1. The minimum Gasteiger partial charge on any atom is -0.497 e. The molecule has 1 amide bonds. The molecular formula is C15H20N2O2S. The van der Waals surface area contributed by atoms with Gasteiger partial charge in [-0.05, 0) is 25.0 Å². The van der Waals surface area contributed by atoms with Crippen LogP contribution in [-0.4, -0.2) is 17.6 Å². The molecule has 5 heteroatoms. The molecule has 1 heterocycles. The summed E-state index contributed by atoms with van der Waals surface area (Å²) in [6, 6.07) is 5.96. The maximum absolute atomic E-state index is 11.8. The van der Waals surface area contributed by atoms with E-state index in [0.717, 1.165) is 40.2 Å². The van der Waals surface area contributed by atoms with Crippen LogP contribution in [0.25, 0.3) is 10.2 Å². The molecule has 0 unspecified atom stereocenters. The van der Waals surface area contributed by atoms with Crippen LogP contribution >= 0.6 is 11.3 Å². The number of carbonyl (C=O) groups is 1. The van der Waals surface area contributed by atoms with Gasteiger partial charge in [-0.1, -0.05) is 25.2 Å². The van der Waals surface area contributed by atoms with Crippen molar-refractivity contribution in [1.82, 2.24) is 4.57 Å². The first-order valence-corrected chi connectivity index (χ1v) is 7.76. The lowest BCUT2D eigenvalue weighted by Crippen LogP contribution is -2.16. The Morgan fingerprint density at radius 2 is 2.15 bits per heavy atom. The summed E-state index contributed by atoms with van der Waals surface area (Å²) >= 11 is 1.56. The van der Waals surface area contributed by atoms with Gasteiger partial charge in [-0.3, -0.25) is 4.79 Å². The standard InChI is InChI=1S/C15H20N2O2S/c1-4-6-14(18)16-15-17(9-5-2)12-10-11(19-3)7-8-13(12)20-15/h7-8,10H,4-6,9H2,1-3H3. The molecule has 0 fully saturated rings. The number of ether oxygens (including phenoxy) is 1. The Labute approximate surface area is 122 Å². The average molecular weight is 292 g/mol. The van der Waals surface area contributed by atoms with E-state index in [1.54, 1.807) is 18.4 Å². The van der Waals surface area contributed by atoms with E-state index in [1.165, 1.54) is 0 Å². The summed E-state index contributed by atoms with van der Waals surface area (Å²) in [7, 11) is 1.66. The van der Waals surface area contributed by atoms with Gasteiger partial charge in [0.1, 0.15) is 5.75 Å². The van der Waals surface area contributed by atoms with E-state index < -0.39 is 0 Å². The fraction of sp³-hybridized carbons (Fsp3) is 0.467. The molecule has 0 bridgehead atoms. The van der Waals surface area contributed by atoms with Crippen molar-refractivity contribution in [3.05, 3.63) is 23.0 Å². The van der Waals surface area contributed by atoms with Crippen LogP contribution in [0, 0.1) is 0 Å². The van der Waals surface area contributed by atoms with Gasteiger partial charge in [0.05, 0.1) is 17.3 Å². The molecule has 2 aromatic rings. The number of benzene rings is 1. The minimum atomic E-state index is -0.0455. The Kier molecular flexibility index (Phi) is 4.95. The first-order valence-electron chi connectivity index (χ1n) is 6.94. The molecule has 1 aromatic carbocycles. The fourth-order valence-corrected chi connectivity index (χ4v) is 3.13. The monoisotopic (exact) mass is 292 g/mol. The second-order valence-corrected chi connectivity index (χ2v) is 5.63. The van der Waals surface area contributed by atoms with Crippen molar-refractivity contribution < 1.29 is 9.53 Å². The zero-order valence-electron chi connectivity index (χ0n) is 12.2. The summed E-state index contributed by atoms with van der Waals surface area (Å²) in [4.78, 5) is 16.8. The molecular weight excluding hydrogens is 272 g/mol. The predicted molar refractivity (Wildman–Crippen MR) is 82.1 cm³/mol. The highest BCUT2D eigenvalue weighted by atomic mass is 32.1. The van der Waals surface area contributed by atoms with Crippen molar-refractivity contribution in [2.24, 2.45) is 4.99 Å². The second kappa shape index (κ2) is 6.70. The molecule has 2 rings (SSSR count). The maximum atomic E-state index is 11.8. The third kappa shape index (κ3) is 3.10. The van der Waals surface area contributed by atoms with E-state index in [-0.39, 0.29) is 5.91 Å². The van der Waals surface area contributed by atoms with E-state index in [4.69, 9.17) is 4.74 Å². The zero-order valence-corrected chi connectivity index (χ0v) is 13.0. The summed E-state index contributed by atoms with van der Waals surface area (Å²) in [5.41, 5.74) is 1.08. The summed E-state index contributed by atoms with van der Waals surface area (Å²) in [6.07, 6.45) is 2.33. The highest BCUT2D eigenvalue weighted by Crippen LogP contribution is 2.23. The van der Waals surface area contributed by atoms with E-state index >= 15 is 0 Å². The van der Waals surface area contributed by atoms with Crippen molar-refractivity contribution >= 4 is 27.5 Å². The second-order valence-electron chi connectivity index (χ2n) is 4.63. The first kappa shape index (κ1) is 14.8. The number of amides is 1. The van der Waals surface area contributed by atoms with Crippen LogP contribution in [0.2, 0.25) is 0 Å². The Balaban J connectivity index is 2.59. The van der Waals surface area contributed by atoms with Gasteiger partial charge < -0.3 is 9.30 Å². The fourth-order valence-electron chi connectivity index (χ4n) is 2.08. The maximum Gasteiger partial charge on any atom is 0.248 e. The molecule has 108 valence electrons. The molecule has 0 radical (unpaired) electrons. The van der Waals surface area contributed by atoms with E-state index in [9.17, 15) is 4.79 Å². The summed E-state index contributed by atoms with van der Waals surface area (Å²) < 4.78 is 8.51. The largest absolute Gasteiger partial charge is 0.497 e. The Morgan fingerprint density at radius 1 is 1.35 bits per heavy atom. The smallest absolute Gasteiger partial charge is 0.248 e. The van der Waals surface area contributed by atoms with E-state index in [2.05, 4.69) is 16.5 Å². The molecule has 4 nitrogen and oxygen atoms in total. The van der Waals surface area contributed by atoms with Crippen molar-refractivity contribution in [2.75, 3.05) is 7.11 Å². The van der Waals surface area contributed by atoms with Crippen LogP contribution < -0.4 is 9.54 Å². The van der Waals surface area contributed by atoms with Gasteiger partial charge in [-0.25, -0.2) is 0 Å². The minimum absolute atomic E-state index is 0.0455. The lowest BCUT2D eigenvalue weighted by molar-refractivity contribution is -0.118. The van der Waals surface area contributed by atoms with Gasteiger partial charge in [-0.15, -0.1) is 0 Å². The molecule has 0 atom stereocenters. The van der Waals surface area contributed by atoms with Gasteiger partial charge in [-0.2, -0.15) is 4.99 Å². The van der Waals surface area contributed by atoms with Crippen molar-refractivity contribution in [1.29, 1.82) is 0 Å². The molecule has 0 spiro atoms. The highest BCUT2D eigenvalue weighted by molar-refractivity contribution is 7.16. The molecule has 0 aliphatic rings. The number of hydrogen-bond donors (Lipinski definition) is 0. The van der Waals surface area contributed by atoms with Crippen LogP contribution in [0.15, 0.2) is 23.2 Å². The molecule has 0 saturated carbocycles.